The number of fused-ring (bicyclic) bond motifs is 1. The van der Waals surface area contributed by atoms with Crippen molar-refractivity contribution in [1.82, 2.24) is 14.6 Å². The molecular formula is C25H28N4O3S. The fourth-order valence-corrected chi connectivity index (χ4v) is 7.44. The summed E-state index contributed by atoms with van der Waals surface area (Å²) < 4.78 is 7.26. The third-order valence-electron chi connectivity index (χ3n) is 7.64. The molecule has 4 saturated carbocycles. The number of aromatic nitrogens is 3. The molecule has 0 saturated heterocycles. The summed E-state index contributed by atoms with van der Waals surface area (Å²) >= 11 is 1.42. The predicted octanol–water partition coefficient (Wildman–Crippen LogP) is 4.45. The minimum atomic E-state index is -0.203. The van der Waals surface area contributed by atoms with Crippen LogP contribution in [-0.4, -0.2) is 20.5 Å². The average molecular weight is 465 g/mol. The van der Waals surface area contributed by atoms with Gasteiger partial charge >= 0.3 is 0 Å². The molecule has 4 aliphatic rings. The number of rotatable bonds is 6. The van der Waals surface area contributed by atoms with Crippen molar-refractivity contribution in [3.8, 4) is 5.75 Å². The molecular weight excluding hydrogens is 436 g/mol. The first kappa shape index (κ1) is 20.8. The number of nitrogens with one attached hydrogen (secondary N) is 1. The molecule has 4 bridgehead atoms. The minimum absolute atomic E-state index is 0.177. The van der Waals surface area contributed by atoms with Gasteiger partial charge in [-0.3, -0.25) is 9.59 Å². The molecule has 4 aliphatic carbocycles. The zero-order valence-electron chi connectivity index (χ0n) is 18.8. The van der Waals surface area contributed by atoms with Crippen LogP contribution in [0.4, 0.5) is 5.69 Å². The van der Waals surface area contributed by atoms with Gasteiger partial charge in [-0.1, -0.05) is 24.3 Å². The van der Waals surface area contributed by atoms with Gasteiger partial charge in [0.2, 0.25) is 10.9 Å². The maximum absolute atomic E-state index is 13.3. The molecule has 1 amide bonds. The van der Waals surface area contributed by atoms with Crippen LogP contribution in [0.15, 0.2) is 35.1 Å². The Bertz CT molecular complexity index is 1240. The van der Waals surface area contributed by atoms with E-state index in [1.165, 1.54) is 41.2 Å². The van der Waals surface area contributed by atoms with Crippen LogP contribution in [0.2, 0.25) is 0 Å². The maximum Gasteiger partial charge on any atom is 0.275 e. The van der Waals surface area contributed by atoms with E-state index in [2.05, 4.69) is 15.4 Å². The molecule has 0 unspecified atom stereocenters. The molecule has 2 aromatic heterocycles. The van der Waals surface area contributed by atoms with E-state index in [1.807, 2.05) is 31.2 Å². The van der Waals surface area contributed by atoms with E-state index in [-0.39, 0.29) is 23.5 Å². The lowest BCUT2D eigenvalue weighted by Crippen LogP contribution is -2.51. The van der Waals surface area contributed by atoms with Gasteiger partial charge < -0.3 is 10.1 Å². The van der Waals surface area contributed by atoms with Crippen molar-refractivity contribution in [2.45, 2.75) is 58.5 Å². The summed E-state index contributed by atoms with van der Waals surface area (Å²) in [5, 5.41) is 8.34. The standard InChI is InChI=1S/C25H28N4O3S/c1-2-21-28-29-22(30)10-19(27-24(29)33-21)14-32-20-5-3-4-18(9-20)26-23(31)25-11-15-6-16(12-25)8-17(7-15)13-25/h3-5,9-10,15-17H,2,6-8,11-14H2,1H3,(H,26,31). The number of nitrogens with zero attached hydrogens (tertiary/aromatic N) is 3. The lowest BCUT2D eigenvalue weighted by molar-refractivity contribution is -0.140. The van der Waals surface area contributed by atoms with E-state index in [1.54, 1.807) is 0 Å². The summed E-state index contributed by atoms with van der Waals surface area (Å²) in [5.41, 5.74) is 0.936. The fraction of sp³-hybridized carbons (Fsp3) is 0.520. The Hall–Kier alpha value is -2.74. The first-order valence-electron chi connectivity index (χ1n) is 11.9. The maximum atomic E-state index is 13.3. The Balaban J connectivity index is 1.15. The highest BCUT2D eigenvalue weighted by Crippen LogP contribution is 2.60. The summed E-state index contributed by atoms with van der Waals surface area (Å²) in [5.74, 6) is 3.02. The van der Waals surface area contributed by atoms with Crippen molar-refractivity contribution in [3.63, 3.8) is 0 Å². The van der Waals surface area contributed by atoms with Crippen molar-refractivity contribution in [3.05, 3.63) is 51.4 Å². The molecule has 0 aliphatic heterocycles. The van der Waals surface area contributed by atoms with Crippen molar-refractivity contribution < 1.29 is 9.53 Å². The van der Waals surface area contributed by atoms with Crippen molar-refractivity contribution >= 4 is 27.9 Å². The zero-order valence-corrected chi connectivity index (χ0v) is 19.6. The second-order valence-corrected chi connectivity index (χ2v) is 11.1. The molecule has 172 valence electrons. The van der Waals surface area contributed by atoms with Crippen molar-refractivity contribution in [2.75, 3.05) is 5.32 Å². The molecule has 1 aromatic carbocycles. The Morgan fingerprint density at radius 2 is 1.91 bits per heavy atom. The number of hydrogen-bond donors (Lipinski definition) is 1. The summed E-state index contributed by atoms with van der Waals surface area (Å²) in [7, 11) is 0. The molecule has 3 aromatic rings. The number of hydrogen-bond acceptors (Lipinski definition) is 6. The SMILES string of the molecule is CCc1nn2c(=O)cc(COc3cccc(NC(=O)C45CC6CC(CC(C6)C4)C5)c3)nc2s1. The Morgan fingerprint density at radius 1 is 1.18 bits per heavy atom. The van der Waals surface area contributed by atoms with Crippen molar-refractivity contribution in [1.29, 1.82) is 0 Å². The number of carbonyl (C=O) groups is 1. The molecule has 0 atom stereocenters. The van der Waals surface area contributed by atoms with Crippen LogP contribution in [0.3, 0.4) is 0 Å². The molecule has 4 fully saturated rings. The third kappa shape index (κ3) is 3.84. The molecule has 2 heterocycles. The number of amides is 1. The lowest BCUT2D eigenvalue weighted by Gasteiger charge is -2.55. The number of benzene rings is 1. The molecule has 1 N–H and O–H groups in total. The van der Waals surface area contributed by atoms with Crippen LogP contribution < -0.4 is 15.6 Å². The second-order valence-electron chi connectivity index (χ2n) is 10.1. The molecule has 8 heteroatoms. The monoisotopic (exact) mass is 464 g/mol. The van der Waals surface area contributed by atoms with Crippen LogP contribution in [0.5, 0.6) is 5.75 Å². The quantitative estimate of drug-likeness (QED) is 0.583. The van der Waals surface area contributed by atoms with E-state index in [0.717, 1.165) is 54.1 Å². The second kappa shape index (κ2) is 7.94. The number of anilines is 1. The largest absolute Gasteiger partial charge is 0.487 e. The first-order chi connectivity index (χ1) is 16.0. The van der Waals surface area contributed by atoms with E-state index in [9.17, 15) is 9.59 Å². The highest BCUT2D eigenvalue weighted by atomic mass is 32.1. The molecule has 7 rings (SSSR count). The number of carbonyl (C=O) groups excluding carboxylic acids is 1. The van der Waals surface area contributed by atoms with Gasteiger partial charge in [0.05, 0.1) is 11.1 Å². The zero-order chi connectivity index (χ0) is 22.6. The van der Waals surface area contributed by atoms with Crippen LogP contribution in [0.1, 0.15) is 56.2 Å². The van der Waals surface area contributed by atoms with E-state index >= 15 is 0 Å². The van der Waals surface area contributed by atoms with Crippen LogP contribution in [0.25, 0.3) is 4.96 Å². The van der Waals surface area contributed by atoms with Crippen molar-refractivity contribution in [2.24, 2.45) is 23.2 Å². The first-order valence-corrected chi connectivity index (χ1v) is 12.7. The highest BCUT2D eigenvalue weighted by Gasteiger charge is 2.54. The molecule has 0 spiro atoms. The average Bonchev–Trinajstić information content (AvgIpc) is 3.21. The highest BCUT2D eigenvalue weighted by molar-refractivity contribution is 7.16. The van der Waals surface area contributed by atoms with Gasteiger partial charge in [0.25, 0.3) is 5.56 Å². The molecule has 0 radical (unpaired) electrons. The smallest absolute Gasteiger partial charge is 0.275 e. The minimum Gasteiger partial charge on any atom is -0.487 e. The van der Waals surface area contributed by atoms with Gasteiger partial charge in [-0.05, 0) is 74.8 Å². The number of aryl methyl sites for hydroxylation is 1. The normalized spacial score (nSPS) is 27.7. The predicted molar refractivity (Wildman–Crippen MR) is 127 cm³/mol. The summed E-state index contributed by atoms with van der Waals surface area (Å²) in [6.07, 6.45) is 7.86. The van der Waals surface area contributed by atoms with Crippen LogP contribution in [0, 0.1) is 23.2 Å². The topological polar surface area (TPSA) is 85.6 Å². The van der Waals surface area contributed by atoms with E-state index in [0.29, 0.717) is 16.4 Å². The van der Waals surface area contributed by atoms with Gasteiger partial charge in [0.15, 0.2) is 0 Å². The Labute approximate surface area is 196 Å². The van der Waals surface area contributed by atoms with E-state index in [4.69, 9.17) is 4.74 Å². The Kier molecular flexibility index (Phi) is 5.01. The third-order valence-corrected chi connectivity index (χ3v) is 8.69. The van der Waals surface area contributed by atoms with E-state index < -0.39 is 0 Å². The van der Waals surface area contributed by atoms with Gasteiger partial charge in [-0.2, -0.15) is 9.61 Å². The van der Waals surface area contributed by atoms with Gasteiger partial charge in [0, 0.05) is 17.8 Å². The molecule has 7 nitrogen and oxygen atoms in total. The van der Waals surface area contributed by atoms with Crippen LogP contribution in [-0.2, 0) is 17.8 Å². The number of ether oxygens (including phenoxy) is 1. The van der Waals surface area contributed by atoms with Gasteiger partial charge in [0.1, 0.15) is 17.4 Å². The van der Waals surface area contributed by atoms with Gasteiger partial charge in [-0.15, -0.1) is 0 Å². The van der Waals surface area contributed by atoms with Crippen LogP contribution >= 0.6 is 11.3 Å². The summed E-state index contributed by atoms with van der Waals surface area (Å²) in [6.45, 7) is 2.18. The molecule has 33 heavy (non-hydrogen) atoms. The Morgan fingerprint density at radius 3 is 2.61 bits per heavy atom. The lowest BCUT2D eigenvalue weighted by atomic mass is 9.49. The van der Waals surface area contributed by atoms with Gasteiger partial charge in [-0.25, -0.2) is 4.98 Å². The summed E-state index contributed by atoms with van der Waals surface area (Å²) in [6, 6.07) is 8.96. The summed E-state index contributed by atoms with van der Waals surface area (Å²) in [4.78, 5) is 30.8. The fourth-order valence-electron chi connectivity index (χ4n) is 6.59.